The van der Waals surface area contributed by atoms with Crippen molar-refractivity contribution < 1.29 is 9.53 Å². The van der Waals surface area contributed by atoms with Gasteiger partial charge in [-0.1, -0.05) is 12.7 Å². The standard InChI is InChI=1S/C5H8O2.C2H7N/c1-3-4-7-5(2)6;1-3-2/h3H,1,4H2,2H3;3H,1-2H3. The molecular formula is C7H15NO2. The van der Waals surface area contributed by atoms with Gasteiger partial charge in [-0.25, -0.2) is 0 Å². The summed E-state index contributed by atoms with van der Waals surface area (Å²) < 4.78 is 4.43. The predicted molar refractivity (Wildman–Crippen MR) is 41.8 cm³/mol. The first kappa shape index (κ1) is 11.9. The molecule has 0 atom stereocenters. The smallest absolute Gasteiger partial charge is 0.302 e. The van der Waals surface area contributed by atoms with E-state index in [4.69, 9.17) is 0 Å². The van der Waals surface area contributed by atoms with Crippen molar-refractivity contribution in [2.45, 2.75) is 6.92 Å². The highest BCUT2D eigenvalue weighted by Crippen LogP contribution is 1.73. The van der Waals surface area contributed by atoms with Crippen molar-refractivity contribution in [3.05, 3.63) is 12.7 Å². The van der Waals surface area contributed by atoms with E-state index < -0.39 is 0 Å². The molecule has 0 aromatic carbocycles. The average molecular weight is 145 g/mol. The number of esters is 1. The SMILES string of the molecule is C=CCOC(C)=O.CNC. The molecule has 0 unspecified atom stereocenters. The van der Waals surface area contributed by atoms with Crippen LogP contribution in [0.5, 0.6) is 0 Å². The lowest BCUT2D eigenvalue weighted by Gasteiger charge is -1.90. The van der Waals surface area contributed by atoms with Crippen LogP contribution in [0.4, 0.5) is 0 Å². The molecule has 3 nitrogen and oxygen atoms in total. The van der Waals surface area contributed by atoms with E-state index in [1.54, 1.807) is 0 Å². The first-order valence-corrected chi connectivity index (χ1v) is 3.01. The molecule has 0 fully saturated rings. The van der Waals surface area contributed by atoms with E-state index in [0.717, 1.165) is 0 Å². The Morgan fingerprint density at radius 3 is 2.20 bits per heavy atom. The van der Waals surface area contributed by atoms with Crippen molar-refractivity contribution in [2.75, 3.05) is 20.7 Å². The third-order valence-corrected chi connectivity index (χ3v) is 0.404. The zero-order chi connectivity index (χ0) is 8.41. The Morgan fingerprint density at radius 2 is 2.10 bits per heavy atom. The number of rotatable bonds is 2. The summed E-state index contributed by atoms with van der Waals surface area (Å²) in [6.07, 6.45) is 1.53. The quantitative estimate of drug-likeness (QED) is 0.456. The maximum Gasteiger partial charge on any atom is 0.302 e. The second-order valence-electron chi connectivity index (χ2n) is 1.59. The van der Waals surface area contributed by atoms with Gasteiger partial charge in [0, 0.05) is 6.92 Å². The molecule has 0 aliphatic heterocycles. The van der Waals surface area contributed by atoms with Gasteiger partial charge in [-0.3, -0.25) is 4.79 Å². The Morgan fingerprint density at radius 1 is 1.70 bits per heavy atom. The topological polar surface area (TPSA) is 38.3 Å². The lowest BCUT2D eigenvalue weighted by atomic mass is 10.7. The van der Waals surface area contributed by atoms with Crippen LogP contribution in [0.25, 0.3) is 0 Å². The van der Waals surface area contributed by atoms with Crippen LogP contribution in [0, 0.1) is 0 Å². The molecule has 0 bridgehead atoms. The van der Waals surface area contributed by atoms with E-state index in [1.165, 1.54) is 13.0 Å². The summed E-state index contributed by atoms with van der Waals surface area (Å²) in [5.74, 6) is -0.264. The fourth-order valence-corrected chi connectivity index (χ4v) is 0.176. The number of carbonyl (C=O) groups excluding carboxylic acids is 1. The number of carbonyl (C=O) groups is 1. The van der Waals surface area contributed by atoms with Gasteiger partial charge in [-0.2, -0.15) is 0 Å². The molecule has 0 amide bonds. The lowest BCUT2D eigenvalue weighted by molar-refractivity contribution is -0.139. The van der Waals surface area contributed by atoms with E-state index in [-0.39, 0.29) is 5.97 Å². The maximum absolute atomic E-state index is 9.93. The minimum Gasteiger partial charge on any atom is -0.462 e. The van der Waals surface area contributed by atoms with E-state index in [2.05, 4.69) is 16.6 Å². The number of nitrogens with one attached hydrogen (secondary N) is 1. The fourth-order valence-electron chi connectivity index (χ4n) is 0.176. The Labute approximate surface area is 62.1 Å². The van der Waals surface area contributed by atoms with Crippen LogP contribution in [0.3, 0.4) is 0 Å². The van der Waals surface area contributed by atoms with Crippen LogP contribution in [-0.4, -0.2) is 26.7 Å². The van der Waals surface area contributed by atoms with Gasteiger partial charge in [0.15, 0.2) is 0 Å². The van der Waals surface area contributed by atoms with Crippen LogP contribution in [-0.2, 0) is 9.53 Å². The molecule has 0 rings (SSSR count). The van der Waals surface area contributed by atoms with Gasteiger partial charge in [-0.15, -0.1) is 0 Å². The molecule has 60 valence electrons. The highest BCUT2D eigenvalue weighted by Gasteiger charge is 1.83. The van der Waals surface area contributed by atoms with E-state index in [1.807, 2.05) is 14.1 Å². The Hall–Kier alpha value is -0.830. The van der Waals surface area contributed by atoms with Crippen LogP contribution in [0.1, 0.15) is 6.92 Å². The zero-order valence-corrected chi connectivity index (χ0v) is 6.81. The van der Waals surface area contributed by atoms with Crippen molar-refractivity contribution in [1.82, 2.24) is 5.32 Å². The molecule has 10 heavy (non-hydrogen) atoms. The number of hydrogen-bond donors (Lipinski definition) is 1. The van der Waals surface area contributed by atoms with Crippen molar-refractivity contribution in [2.24, 2.45) is 0 Å². The minimum absolute atomic E-state index is 0.264. The van der Waals surface area contributed by atoms with Gasteiger partial charge >= 0.3 is 5.97 Å². The largest absolute Gasteiger partial charge is 0.462 e. The molecule has 0 heterocycles. The van der Waals surface area contributed by atoms with Gasteiger partial charge in [0.25, 0.3) is 0 Å². The summed E-state index contributed by atoms with van der Waals surface area (Å²) in [7, 11) is 3.75. The summed E-state index contributed by atoms with van der Waals surface area (Å²) in [5, 5.41) is 2.75. The molecule has 1 N–H and O–H groups in total. The van der Waals surface area contributed by atoms with E-state index in [0.29, 0.717) is 6.61 Å². The Bertz CT molecular complexity index is 91.6. The second-order valence-corrected chi connectivity index (χ2v) is 1.59. The highest BCUT2D eigenvalue weighted by molar-refractivity contribution is 5.65. The van der Waals surface area contributed by atoms with Crippen molar-refractivity contribution in [3.8, 4) is 0 Å². The van der Waals surface area contributed by atoms with Crippen molar-refractivity contribution >= 4 is 5.97 Å². The normalized spacial score (nSPS) is 7.10. The highest BCUT2D eigenvalue weighted by atomic mass is 16.5. The fraction of sp³-hybridized carbons (Fsp3) is 0.571. The summed E-state index contributed by atoms with van der Waals surface area (Å²) in [6.45, 7) is 5.03. The van der Waals surface area contributed by atoms with Crippen LogP contribution >= 0.6 is 0 Å². The van der Waals surface area contributed by atoms with E-state index in [9.17, 15) is 4.79 Å². The first-order valence-electron chi connectivity index (χ1n) is 3.01. The first-order chi connectivity index (χ1) is 4.68. The Balaban J connectivity index is 0. The molecule has 3 heteroatoms. The maximum atomic E-state index is 9.93. The van der Waals surface area contributed by atoms with Crippen LogP contribution in [0.15, 0.2) is 12.7 Å². The molecule has 0 saturated heterocycles. The predicted octanol–water partition coefficient (Wildman–Crippen LogP) is 0.571. The summed E-state index contributed by atoms with van der Waals surface area (Å²) in [6, 6.07) is 0. The van der Waals surface area contributed by atoms with Crippen LogP contribution < -0.4 is 5.32 Å². The van der Waals surface area contributed by atoms with Gasteiger partial charge in [0.2, 0.25) is 0 Å². The zero-order valence-electron chi connectivity index (χ0n) is 6.81. The molecule has 0 radical (unpaired) electrons. The van der Waals surface area contributed by atoms with Gasteiger partial charge in [0.1, 0.15) is 6.61 Å². The molecule has 0 aliphatic rings. The third kappa shape index (κ3) is 27.2. The average Bonchev–Trinajstić information content (AvgIpc) is 1.85. The molecule has 0 spiro atoms. The second kappa shape index (κ2) is 11.0. The molecule has 0 aromatic rings. The summed E-state index contributed by atoms with van der Waals surface area (Å²) in [4.78, 5) is 9.93. The lowest BCUT2D eigenvalue weighted by Crippen LogP contribution is -1.96. The van der Waals surface area contributed by atoms with Crippen LogP contribution in [0.2, 0.25) is 0 Å². The van der Waals surface area contributed by atoms with Gasteiger partial charge in [-0.05, 0) is 14.1 Å². The monoisotopic (exact) mass is 145 g/mol. The molecule has 0 aromatic heterocycles. The van der Waals surface area contributed by atoms with Gasteiger partial charge < -0.3 is 10.1 Å². The summed E-state index contributed by atoms with van der Waals surface area (Å²) >= 11 is 0. The van der Waals surface area contributed by atoms with E-state index >= 15 is 0 Å². The number of ether oxygens (including phenoxy) is 1. The van der Waals surface area contributed by atoms with Gasteiger partial charge in [0.05, 0.1) is 0 Å². The Kier molecular flexibility index (Phi) is 13.1. The third-order valence-electron chi connectivity index (χ3n) is 0.404. The molecular weight excluding hydrogens is 130 g/mol. The summed E-state index contributed by atoms with van der Waals surface area (Å²) in [5.41, 5.74) is 0. The molecule has 0 saturated carbocycles. The number of hydrogen-bond acceptors (Lipinski definition) is 3. The molecule has 0 aliphatic carbocycles. The van der Waals surface area contributed by atoms with Crippen molar-refractivity contribution in [1.29, 1.82) is 0 Å². The van der Waals surface area contributed by atoms with Crippen molar-refractivity contribution in [3.63, 3.8) is 0 Å². The minimum atomic E-state index is -0.264.